The molecule has 0 unspecified atom stereocenters. The van der Waals surface area contributed by atoms with Gasteiger partial charge in [-0.2, -0.15) is 0 Å². The fourth-order valence-electron chi connectivity index (χ4n) is 4.53. The number of carbonyl (C=O) groups is 1. The molecule has 4 aromatic rings. The number of hydrogen-bond acceptors (Lipinski definition) is 8. The number of halogens is 1. The van der Waals surface area contributed by atoms with Gasteiger partial charge in [-0.3, -0.25) is 9.69 Å². The molecule has 1 aromatic heterocycles. The minimum atomic E-state index is -0.440. The molecular weight excluding hydrogens is 491 g/mol. The number of phenolic OH excluding ortho intramolecular Hbond substituents is 1. The van der Waals surface area contributed by atoms with E-state index in [0.29, 0.717) is 55.3 Å². The maximum atomic E-state index is 14.2. The highest BCUT2D eigenvalue weighted by atomic mass is 19.1. The summed E-state index contributed by atoms with van der Waals surface area (Å²) in [4.78, 5) is 29.2. The minimum absolute atomic E-state index is 0.0171. The number of anilines is 1. The van der Waals surface area contributed by atoms with Crippen LogP contribution in [-0.4, -0.2) is 48.8 Å². The summed E-state index contributed by atoms with van der Waals surface area (Å²) in [5, 5.41) is 10.9. The number of hydrogen-bond donors (Lipinski definition) is 1. The quantitative estimate of drug-likeness (QED) is 0.345. The summed E-state index contributed by atoms with van der Waals surface area (Å²) in [5.74, 6) is -0.319. The molecule has 0 aliphatic carbocycles. The summed E-state index contributed by atoms with van der Waals surface area (Å²) < 4.78 is 30.7. The summed E-state index contributed by atoms with van der Waals surface area (Å²) in [5.41, 5.74) is 1.36. The fraction of sp³-hybridized carbons (Fsp3) is 0.241. The first kappa shape index (κ1) is 25.3. The van der Waals surface area contributed by atoms with Crippen LogP contribution in [0.15, 0.2) is 76.1 Å². The number of para-hydroxylation sites is 1. The third-order valence-electron chi connectivity index (χ3n) is 6.53. The zero-order chi connectivity index (χ0) is 26.6. The Bertz CT molecular complexity index is 1510. The highest BCUT2D eigenvalue weighted by Crippen LogP contribution is 2.30. The number of aromatic hydroxyl groups is 1. The van der Waals surface area contributed by atoms with Crippen LogP contribution in [0.25, 0.3) is 11.0 Å². The van der Waals surface area contributed by atoms with E-state index in [1.807, 2.05) is 11.0 Å². The SMILES string of the molecule is CCOC(=O)c1ccc(Oc2coc3c(CN4CCN(c5ccccc5F)CC4)c(O)ccc3c2=O)cc1. The van der Waals surface area contributed by atoms with Gasteiger partial charge in [-0.1, -0.05) is 12.1 Å². The van der Waals surface area contributed by atoms with Crippen LogP contribution in [0.5, 0.6) is 17.2 Å². The number of fused-ring (bicyclic) bond motifs is 1. The first-order valence-electron chi connectivity index (χ1n) is 12.4. The second-order valence-electron chi connectivity index (χ2n) is 8.93. The number of nitrogens with zero attached hydrogens (tertiary/aromatic N) is 2. The van der Waals surface area contributed by atoms with Gasteiger partial charge in [0.25, 0.3) is 0 Å². The molecule has 0 amide bonds. The lowest BCUT2D eigenvalue weighted by Crippen LogP contribution is -2.46. The summed E-state index contributed by atoms with van der Waals surface area (Å²) in [7, 11) is 0. The van der Waals surface area contributed by atoms with E-state index in [1.54, 1.807) is 43.3 Å². The molecular formula is C29H27FN2O6. The van der Waals surface area contributed by atoms with Crippen molar-refractivity contribution in [1.82, 2.24) is 4.90 Å². The van der Waals surface area contributed by atoms with Crippen molar-refractivity contribution in [2.75, 3.05) is 37.7 Å². The molecule has 0 saturated carbocycles. The van der Waals surface area contributed by atoms with Crippen molar-refractivity contribution in [2.45, 2.75) is 13.5 Å². The van der Waals surface area contributed by atoms with E-state index in [-0.39, 0.29) is 40.3 Å². The molecule has 196 valence electrons. The van der Waals surface area contributed by atoms with Crippen LogP contribution in [0.3, 0.4) is 0 Å². The standard InChI is InChI=1S/C29H27FN2O6/c1-2-36-29(35)19-7-9-20(10-8-19)38-26-18-37-28-21(27(26)34)11-12-25(33)22(28)17-31-13-15-32(16-14-31)24-6-4-3-5-23(24)30/h3-12,18,33H,2,13-17H2,1H3. The zero-order valence-corrected chi connectivity index (χ0v) is 20.9. The van der Waals surface area contributed by atoms with Gasteiger partial charge in [0.15, 0.2) is 0 Å². The van der Waals surface area contributed by atoms with Crippen molar-refractivity contribution >= 4 is 22.6 Å². The number of rotatable bonds is 7. The number of esters is 1. The fourth-order valence-corrected chi connectivity index (χ4v) is 4.53. The maximum Gasteiger partial charge on any atom is 0.338 e. The summed E-state index contributed by atoms with van der Waals surface area (Å²) in [6.45, 7) is 4.93. The van der Waals surface area contributed by atoms with Crippen LogP contribution < -0.4 is 15.1 Å². The van der Waals surface area contributed by atoms with Crippen LogP contribution in [-0.2, 0) is 11.3 Å². The Kier molecular flexibility index (Phi) is 7.28. The molecule has 9 heteroatoms. The Morgan fingerprint density at radius 2 is 1.76 bits per heavy atom. The van der Waals surface area contributed by atoms with Crippen molar-refractivity contribution in [1.29, 1.82) is 0 Å². The monoisotopic (exact) mass is 518 g/mol. The molecule has 8 nitrogen and oxygen atoms in total. The van der Waals surface area contributed by atoms with Crippen LogP contribution in [0.1, 0.15) is 22.8 Å². The van der Waals surface area contributed by atoms with E-state index in [1.165, 1.54) is 24.5 Å². The van der Waals surface area contributed by atoms with Gasteiger partial charge in [-0.15, -0.1) is 0 Å². The van der Waals surface area contributed by atoms with Gasteiger partial charge in [0.2, 0.25) is 11.2 Å². The lowest BCUT2D eigenvalue weighted by Gasteiger charge is -2.36. The van der Waals surface area contributed by atoms with Crippen molar-refractivity contribution in [2.24, 2.45) is 0 Å². The molecule has 3 aromatic carbocycles. The third kappa shape index (κ3) is 5.19. The first-order chi connectivity index (χ1) is 18.4. The highest BCUT2D eigenvalue weighted by Gasteiger charge is 2.22. The molecule has 38 heavy (non-hydrogen) atoms. The van der Waals surface area contributed by atoms with Gasteiger partial charge in [-0.25, -0.2) is 9.18 Å². The van der Waals surface area contributed by atoms with Crippen LogP contribution >= 0.6 is 0 Å². The van der Waals surface area contributed by atoms with Crippen molar-refractivity contribution < 1.29 is 28.2 Å². The van der Waals surface area contributed by atoms with E-state index in [4.69, 9.17) is 13.9 Å². The molecule has 0 radical (unpaired) electrons. The molecule has 1 fully saturated rings. The van der Waals surface area contributed by atoms with E-state index < -0.39 is 5.97 Å². The first-order valence-corrected chi connectivity index (χ1v) is 12.4. The Morgan fingerprint density at radius 1 is 1.03 bits per heavy atom. The van der Waals surface area contributed by atoms with Gasteiger partial charge >= 0.3 is 5.97 Å². The zero-order valence-electron chi connectivity index (χ0n) is 20.9. The lowest BCUT2D eigenvalue weighted by molar-refractivity contribution is 0.0526. The number of benzene rings is 3. The third-order valence-corrected chi connectivity index (χ3v) is 6.53. The van der Waals surface area contributed by atoms with Gasteiger partial charge in [0, 0.05) is 32.7 Å². The normalized spacial score (nSPS) is 14.0. The molecule has 0 spiro atoms. The summed E-state index contributed by atoms with van der Waals surface area (Å²) in [6, 6.07) is 15.9. The van der Waals surface area contributed by atoms with Crippen molar-refractivity contribution in [3.05, 3.63) is 94.1 Å². The van der Waals surface area contributed by atoms with Gasteiger partial charge in [0.05, 0.1) is 28.8 Å². The Balaban J connectivity index is 1.32. The Hall–Kier alpha value is -4.37. The molecule has 5 rings (SSSR count). The average Bonchev–Trinajstić information content (AvgIpc) is 2.93. The number of ether oxygens (including phenoxy) is 2. The van der Waals surface area contributed by atoms with E-state index in [9.17, 15) is 19.1 Å². The van der Waals surface area contributed by atoms with E-state index in [0.717, 1.165) is 0 Å². The number of piperazine rings is 1. The molecule has 2 heterocycles. The predicted molar refractivity (Wildman–Crippen MR) is 141 cm³/mol. The van der Waals surface area contributed by atoms with Gasteiger partial charge in [-0.05, 0) is 55.5 Å². The Morgan fingerprint density at radius 3 is 2.47 bits per heavy atom. The van der Waals surface area contributed by atoms with E-state index >= 15 is 0 Å². The molecule has 1 aliphatic heterocycles. The highest BCUT2D eigenvalue weighted by molar-refractivity contribution is 5.89. The average molecular weight is 519 g/mol. The molecule has 0 bridgehead atoms. The van der Waals surface area contributed by atoms with Crippen LogP contribution in [0.4, 0.5) is 10.1 Å². The second-order valence-corrected chi connectivity index (χ2v) is 8.93. The lowest BCUT2D eigenvalue weighted by atomic mass is 10.1. The maximum absolute atomic E-state index is 14.2. The molecule has 1 saturated heterocycles. The summed E-state index contributed by atoms with van der Waals surface area (Å²) >= 11 is 0. The second kappa shape index (κ2) is 10.9. The number of carbonyl (C=O) groups excluding carboxylic acids is 1. The van der Waals surface area contributed by atoms with Crippen molar-refractivity contribution in [3.63, 3.8) is 0 Å². The van der Waals surface area contributed by atoms with E-state index in [2.05, 4.69) is 4.90 Å². The topological polar surface area (TPSA) is 92.5 Å². The molecule has 1 N–H and O–H groups in total. The van der Waals surface area contributed by atoms with Crippen molar-refractivity contribution in [3.8, 4) is 17.2 Å². The number of phenols is 1. The smallest absolute Gasteiger partial charge is 0.338 e. The Labute approximate surface area is 218 Å². The molecule has 1 aliphatic rings. The summed E-state index contributed by atoms with van der Waals surface area (Å²) in [6.07, 6.45) is 1.23. The van der Waals surface area contributed by atoms with Crippen LogP contribution in [0.2, 0.25) is 0 Å². The van der Waals surface area contributed by atoms with Gasteiger partial charge in [0.1, 0.15) is 29.2 Å². The van der Waals surface area contributed by atoms with Gasteiger partial charge < -0.3 is 23.9 Å². The molecule has 0 atom stereocenters. The minimum Gasteiger partial charge on any atom is -0.507 e. The largest absolute Gasteiger partial charge is 0.507 e. The predicted octanol–water partition coefficient (Wildman–Crippen LogP) is 4.93. The van der Waals surface area contributed by atoms with Crippen LogP contribution in [0, 0.1) is 5.82 Å².